The van der Waals surface area contributed by atoms with E-state index in [4.69, 9.17) is 16.7 Å². The molecule has 2 rings (SSSR count). The zero-order valence-corrected chi connectivity index (χ0v) is 13.9. The number of halogens is 1. The molecule has 5 nitrogen and oxygen atoms in total. The average Bonchev–Trinajstić information content (AvgIpc) is 2.47. The Hall–Kier alpha value is -1.46. The van der Waals surface area contributed by atoms with E-state index in [-0.39, 0.29) is 12.6 Å². The molecule has 1 aromatic carbocycles. The molecule has 1 saturated heterocycles. The van der Waals surface area contributed by atoms with Gasteiger partial charge in [-0.25, -0.2) is 4.79 Å². The average molecular weight is 326 g/mol. The maximum absolute atomic E-state index is 11.9. The predicted molar refractivity (Wildman–Crippen MR) is 90.8 cm³/mol. The molecular weight excluding hydrogens is 302 g/mol. The molecule has 3 N–H and O–H groups in total. The van der Waals surface area contributed by atoms with Crippen molar-refractivity contribution in [2.24, 2.45) is 0 Å². The second-order valence-corrected chi connectivity index (χ2v) is 6.74. The van der Waals surface area contributed by atoms with E-state index in [9.17, 15) is 4.79 Å². The minimum Gasteiger partial charge on any atom is -0.394 e. The van der Waals surface area contributed by atoms with Crippen molar-refractivity contribution >= 4 is 29.0 Å². The lowest BCUT2D eigenvalue weighted by Gasteiger charge is -2.29. The third-order valence-corrected chi connectivity index (χ3v) is 4.05. The minimum absolute atomic E-state index is 0.130. The second kappa shape index (κ2) is 7.20. The van der Waals surface area contributed by atoms with Gasteiger partial charge in [0.05, 0.1) is 22.9 Å². The minimum atomic E-state index is -0.665. The van der Waals surface area contributed by atoms with E-state index in [1.807, 2.05) is 12.1 Å². The Balaban J connectivity index is 2.01. The Kier molecular flexibility index (Phi) is 5.53. The van der Waals surface area contributed by atoms with Crippen molar-refractivity contribution in [3.8, 4) is 0 Å². The fraction of sp³-hybridized carbons (Fsp3) is 0.562. The van der Waals surface area contributed by atoms with Crippen molar-refractivity contribution in [2.45, 2.75) is 38.6 Å². The van der Waals surface area contributed by atoms with Crippen LogP contribution in [0.2, 0.25) is 5.02 Å². The van der Waals surface area contributed by atoms with Gasteiger partial charge >= 0.3 is 6.03 Å². The van der Waals surface area contributed by atoms with Gasteiger partial charge in [-0.1, -0.05) is 11.6 Å². The molecule has 1 aromatic rings. The van der Waals surface area contributed by atoms with Crippen molar-refractivity contribution in [2.75, 3.05) is 29.9 Å². The highest BCUT2D eigenvalue weighted by molar-refractivity contribution is 6.33. The number of urea groups is 1. The molecule has 1 fully saturated rings. The molecule has 1 aliphatic heterocycles. The zero-order valence-electron chi connectivity index (χ0n) is 13.2. The van der Waals surface area contributed by atoms with Crippen LogP contribution >= 0.6 is 11.6 Å². The standard InChI is InChI=1S/C16H24ClN3O2/c1-16(2,11-21)19-15(22)18-12-6-7-14(13(17)10-12)20-8-4-3-5-9-20/h6-7,10,21H,3-5,8-9,11H2,1-2H3,(H2,18,19,22). The highest BCUT2D eigenvalue weighted by atomic mass is 35.5. The van der Waals surface area contributed by atoms with Gasteiger partial charge in [0.1, 0.15) is 0 Å². The fourth-order valence-electron chi connectivity index (χ4n) is 2.49. The highest BCUT2D eigenvalue weighted by Crippen LogP contribution is 2.30. The highest BCUT2D eigenvalue weighted by Gasteiger charge is 2.19. The van der Waals surface area contributed by atoms with Crippen LogP contribution in [-0.4, -0.2) is 36.4 Å². The Morgan fingerprint density at radius 3 is 2.59 bits per heavy atom. The van der Waals surface area contributed by atoms with Gasteiger partial charge in [-0.2, -0.15) is 0 Å². The first kappa shape index (κ1) is 16.9. The molecule has 0 bridgehead atoms. The van der Waals surface area contributed by atoms with Crippen LogP contribution in [0.4, 0.5) is 16.2 Å². The first-order chi connectivity index (χ1) is 10.4. The van der Waals surface area contributed by atoms with Crippen LogP contribution in [0.5, 0.6) is 0 Å². The molecule has 22 heavy (non-hydrogen) atoms. The summed E-state index contributed by atoms with van der Waals surface area (Å²) in [6.45, 7) is 5.42. The number of nitrogens with zero attached hydrogens (tertiary/aromatic N) is 1. The Morgan fingerprint density at radius 1 is 1.32 bits per heavy atom. The summed E-state index contributed by atoms with van der Waals surface area (Å²) in [5.74, 6) is 0. The molecular formula is C16H24ClN3O2. The summed E-state index contributed by atoms with van der Waals surface area (Å²) >= 11 is 6.35. The molecule has 0 aliphatic carbocycles. The van der Waals surface area contributed by atoms with Gasteiger partial charge in [0.2, 0.25) is 0 Å². The number of anilines is 2. The van der Waals surface area contributed by atoms with E-state index in [0.717, 1.165) is 18.8 Å². The van der Waals surface area contributed by atoms with Gasteiger partial charge in [0, 0.05) is 18.8 Å². The summed E-state index contributed by atoms with van der Waals surface area (Å²) in [5.41, 5.74) is 0.988. The van der Waals surface area contributed by atoms with Gasteiger partial charge < -0.3 is 20.6 Å². The molecule has 0 aromatic heterocycles. The quantitative estimate of drug-likeness (QED) is 0.796. The molecule has 0 spiro atoms. The number of rotatable bonds is 4. The molecule has 1 heterocycles. The SMILES string of the molecule is CC(C)(CO)NC(=O)Nc1ccc(N2CCCCC2)c(Cl)c1. The molecule has 0 atom stereocenters. The van der Waals surface area contributed by atoms with Crippen LogP contribution in [-0.2, 0) is 0 Å². The number of hydrogen-bond acceptors (Lipinski definition) is 3. The van der Waals surface area contributed by atoms with Gasteiger partial charge in [-0.3, -0.25) is 0 Å². The van der Waals surface area contributed by atoms with Crippen molar-refractivity contribution in [1.82, 2.24) is 5.32 Å². The molecule has 0 unspecified atom stereocenters. The van der Waals surface area contributed by atoms with Crippen LogP contribution < -0.4 is 15.5 Å². The summed E-state index contributed by atoms with van der Waals surface area (Å²) in [6, 6.07) is 5.19. The Bertz CT molecular complexity index is 528. The van der Waals surface area contributed by atoms with Crippen LogP contribution in [0.15, 0.2) is 18.2 Å². The number of carbonyl (C=O) groups is 1. The van der Waals surface area contributed by atoms with E-state index >= 15 is 0 Å². The number of nitrogens with one attached hydrogen (secondary N) is 2. The molecule has 122 valence electrons. The molecule has 2 amide bonds. The Morgan fingerprint density at radius 2 is 2.00 bits per heavy atom. The number of aliphatic hydroxyl groups excluding tert-OH is 1. The van der Waals surface area contributed by atoms with Crippen molar-refractivity contribution in [3.63, 3.8) is 0 Å². The number of aliphatic hydroxyl groups is 1. The smallest absolute Gasteiger partial charge is 0.319 e. The van der Waals surface area contributed by atoms with E-state index in [1.54, 1.807) is 19.9 Å². The lowest BCUT2D eigenvalue weighted by Crippen LogP contribution is -2.48. The van der Waals surface area contributed by atoms with Gasteiger partial charge in [0.15, 0.2) is 0 Å². The third kappa shape index (κ3) is 4.52. The molecule has 6 heteroatoms. The van der Waals surface area contributed by atoms with E-state index in [2.05, 4.69) is 15.5 Å². The topological polar surface area (TPSA) is 64.6 Å². The largest absolute Gasteiger partial charge is 0.394 e. The van der Waals surface area contributed by atoms with Crippen molar-refractivity contribution in [1.29, 1.82) is 0 Å². The monoisotopic (exact) mass is 325 g/mol. The van der Waals surface area contributed by atoms with Crippen LogP contribution in [0.1, 0.15) is 33.1 Å². The normalized spacial score (nSPS) is 15.5. The number of hydrogen-bond donors (Lipinski definition) is 3. The predicted octanol–water partition coefficient (Wildman–Crippen LogP) is 3.22. The third-order valence-electron chi connectivity index (χ3n) is 3.75. The molecule has 1 aliphatic rings. The second-order valence-electron chi connectivity index (χ2n) is 6.34. The number of benzene rings is 1. The van der Waals surface area contributed by atoms with Crippen molar-refractivity contribution in [3.05, 3.63) is 23.2 Å². The van der Waals surface area contributed by atoms with Crippen LogP contribution in [0, 0.1) is 0 Å². The first-order valence-electron chi connectivity index (χ1n) is 7.66. The maximum Gasteiger partial charge on any atom is 0.319 e. The molecule has 0 saturated carbocycles. The van der Waals surface area contributed by atoms with Gasteiger partial charge in [-0.15, -0.1) is 0 Å². The first-order valence-corrected chi connectivity index (χ1v) is 8.03. The summed E-state index contributed by atoms with van der Waals surface area (Å²) in [4.78, 5) is 14.2. The number of carbonyl (C=O) groups excluding carboxylic acids is 1. The lowest BCUT2D eigenvalue weighted by molar-refractivity contribution is 0.187. The van der Waals surface area contributed by atoms with Crippen LogP contribution in [0.3, 0.4) is 0 Å². The Labute approximate surface area is 136 Å². The number of piperidine rings is 1. The van der Waals surface area contributed by atoms with E-state index < -0.39 is 5.54 Å². The van der Waals surface area contributed by atoms with Crippen LogP contribution in [0.25, 0.3) is 0 Å². The van der Waals surface area contributed by atoms with Crippen molar-refractivity contribution < 1.29 is 9.90 Å². The molecule has 0 radical (unpaired) electrons. The van der Waals surface area contributed by atoms with Gasteiger partial charge in [0.25, 0.3) is 0 Å². The summed E-state index contributed by atoms with van der Waals surface area (Å²) < 4.78 is 0. The summed E-state index contributed by atoms with van der Waals surface area (Å²) in [7, 11) is 0. The van der Waals surface area contributed by atoms with Gasteiger partial charge in [-0.05, 0) is 51.3 Å². The summed E-state index contributed by atoms with van der Waals surface area (Å²) in [6.07, 6.45) is 3.65. The summed E-state index contributed by atoms with van der Waals surface area (Å²) in [5, 5.41) is 15.2. The fourth-order valence-corrected chi connectivity index (χ4v) is 2.79. The van der Waals surface area contributed by atoms with E-state index in [1.165, 1.54) is 19.3 Å². The zero-order chi connectivity index (χ0) is 16.2. The lowest BCUT2D eigenvalue weighted by atomic mass is 10.1. The van der Waals surface area contributed by atoms with E-state index in [0.29, 0.717) is 10.7 Å². The number of amides is 2. The maximum atomic E-state index is 11.9.